The first-order valence-corrected chi connectivity index (χ1v) is 6.79. The fourth-order valence-electron chi connectivity index (χ4n) is 1.90. The number of aromatic nitrogens is 3. The van der Waals surface area contributed by atoms with Crippen molar-refractivity contribution < 1.29 is 4.74 Å². The van der Waals surface area contributed by atoms with Gasteiger partial charge < -0.3 is 9.64 Å². The van der Waals surface area contributed by atoms with Crippen molar-refractivity contribution in [2.24, 2.45) is 5.92 Å². The third-order valence-electron chi connectivity index (χ3n) is 2.64. The minimum Gasteiger partial charge on any atom is -0.383 e. The molecule has 1 aromatic heterocycles. The fourth-order valence-corrected chi connectivity index (χ4v) is 2.24. The highest BCUT2D eigenvalue weighted by molar-refractivity contribution is 7.71. The van der Waals surface area contributed by atoms with E-state index in [-0.39, 0.29) is 0 Å². The van der Waals surface area contributed by atoms with E-state index in [1.807, 2.05) is 4.57 Å². The highest BCUT2D eigenvalue weighted by Gasteiger charge is 2.17. The molecule has 0 aromatic carbocycles. The van der Waals surface area contributed by atoms with Crippen LogP contribution in [0, 0.1) is 10.7 Å². The molecule has 0 aliphatic rings. The number of nitrogens with zero attached hydrogens (tertiary/aromatic N) is 3. The van der Waals surface area contributed by atoms with Crippen LogP contribution >= 0.6 is 12.2 Å². The average molecular weight is 272 g/mol. The van der Waals surface area contributed by atoms with Crippen molar-refractivity contribution in [2.45, 2.75) is 33.7 Å². The summed E-state index contributed by atoms with van der Waals surface area (Å²) in [4.78, 5) is 2.22. The first-order valence-electron chi connectivity index (χ1n) is 6.38. The summed E-state index contributed by atoms with van der Waals surface area (Å²) < 4.78 is 7.89. The third kappa shape index (κ3) is 3.81. The van der Waals surface area contributed by atoms with Gasteiger partial charge in [0.2, 0.25) is 5.95 Å². The molecule has 0 saturated carbocycles. The second-order valence-electron chi connectivity index (χ2n) is 5.13. The van der Waals surface area contributed by atoms with Crippen LogP contribution in [0.25, 0.3) is 0 Å². The van der Waals surface area contributed by atoms with Crippen LogP contribution in [0.3, 0.4) is 0 Å². The normalized spacial score (nSPS) is 11.5. The van der Waals surface area contributed by atoms with E-state index >= 15 is 0 Å². The van der Waals surface area contributed by atoms with E-state index in [4.69, 9.17) is 17.0 Å². The molecular weight excluding hydrogens is 248 g/mol. The molecule has 1 aromatic rings. The van der Waals surface area contributed by atoms with Crippen molar-refractivity contribution in [3.63, 3.8) is 0 Å². The molecule has 0 amide bonds. The summed E-state index contributed by atoms with van der Waals surface area (Å²) in [5.41, 5.74) is 0. The first kappa shape index (κ1) is 15.2. The molecule has 6 heteroatoms. The number of methoxy groups -OCH3 is 1. The average Bonchev–Trinajstić information content (AvgIpc) is 2.65. The van der Waals surface area contributed by atoms with E-state index in [2.05, 4.69) is 42.8 Å². The summed E-state index contributed by atoms with van der Waals surface area (Å²) in [6, 6.07) is 0.295. The number of aromatic amines is 1. The molecule has 104 valence electrons. The van der Waals surface area contributed by atoms with Gasteiger partial charge in [0.25, 0.3) is 0 Å². The van der Waals surface area contributed by atoms with Gasteiger partial charge in [-0.15, -0.1) is 5.10 Å². The van der Waals surface area contributed by atoms with Gasteiger partial charge in [0.15, 0.2) is 4.77 Å². The zero-order valence-electron chi connectivity index (χ0n) is 11.9. The predicted octanol–water partition coefficient (Wildman–Crippen LogP) is 2.63. The van der Waals surface area contributed by atoms with Crippen molar-refractivity contribution in [3.05, 3.63) is 4.77 Å². The lowest BCUT2D eigenvalue weighted by atomic mass is 10.2. The number of rotatable bonds is 7. The predicted molar refractivity (Wildman–Crippen MR) is 76.7 cm³/mol. The van der Waals surface area contributed by atoms with Gasteiger partial charge in [-0.25, -0.2) is 5.10 Å². The number of anilines is 1. The maximum atomic E-state index is 5.28. The van der Waals surface area contributed by atoms with E-state index in [1.165, 1.54) is 0 Å². The Balaban J connectivity index is 3.00. The van der Waals surface area contributed by atoms with Crippen LogP contribution in [-0.4, -0.2) is 41.6 Å². The molecule has 1 heterocycles. The summed E-state index contributed by atoms with van der Waals surface area (Å²) in [6.07, 6.45) is 0. The van der Waals surface area contributed by atoms with Gasteiger partial charge in [0, 0.05) is 26.2 Å². The second kappa shape index (κ2) is 6.89. The minimum atomic E-state index is 0.295. The van der Waals surface area contributed by atoms with Crippen molar-refractivity contribution in [2.75, 3.05) is 31.7 Å². The van der Waals surface area contributed by atoms with Crippen LogP contribution in [0.15, 0.2) is 0 Å². The lowest BCUT2D eigenvalue weighted by molar-refractivity contribution is 0.204. The molecule has 5 nitrogen and oxygen atoms in total. The summed E-state index contributed by atoms with van der Waals surface area (Å²) in [6.45, 7) is 11.1. The van der Waals surface area contributed by atoms with Crippen LogP contribution in [0.2, 0.25) is 0 Å². The van der Waals surface area contributed by atoms with Crippen LogP contribution in [0.4, 0.5) is 5.95 Å². The molecule has 18 heavy (non-hydrogen) atoms. The lowest BCUT2D eigenvalue weighted by Gasteiger charge is -2.26. The zero-order valence-corrected chi connectivity index (χ0v) is 12.8. The summed E-state index contributed by atoms with van der Waals surface area (Å²) in [5.74, 6) is 1.47. The Morgan fingerprint density at radius 1 is 1.39 bits per heavy atom. The Bertz CT molecular complexity index is 410. The maximum Gasteiger partial charge on any atom is 0.226 e. The first-order chi connectivity index (χ1) is 8.47. The van der Waals surface area contributed by atoms with Gasteiger partial charge in [-0.3, -0.25) is 4.57 Å². The lowest BCUT2D eigenvalue weighted by Crippen LogP contribution is -2.33. The molecule has 1 rings (SSSR count). The summed E-state index contributed by atoms with van der Waals surface area (Å²) in [5, 5.41) is 7.24. The van der Waals surface area contributed by atoms with Crippen LogP contribution in [0.5, 0.6) is 0 Å². The largest absolute Gasteiger partial charge is 0.383 e. The van der Waals surface area contributed by atoms with Gasteiger partial charge in [-0.05, 0) is 32.0 Å². The third-order valence-corrected chi connectivity index (χ3v) is 2.92. The Labute approximate surface area is 114 Å². The molecular formula is C12H24N4OS. The molecule has 0 unspecified atom stereocenters. The topological polar surface area (TPSA) is 46.1 Å². The van der Waals surface area contributed by atoms with Crippen LogP contribution in [0.1, 0.15) is 33.7 Å². The maximum absolute atomic E-state index is 5.28. The zero-order chi connectivity index (χ0) is 13.7. The smallest absolute Gasteiger partial charge is 0.226 e. The van der Waals surface area contributed by atoms with Crippen molar-refractivity contribution >= 4 is 18.2 Å². The number of hydrogen-bond acceptors (Lipinski definition) is 4. The van der Waals surface area contributed by atoms with Gasteiger partial charge in [0.1, 0.15) is 0 Å². The van der Waals surface area contributed by atoms with Gasteiger partial charge in [-0.2, -0.15) is 0 Å². The molecule has 0 atom stereocenters. The summed E-state index contributed by atoms with van der Waals surface area (Å²) in [7, 11) is 1.72. The van der Waals surface area contributed by atoms with Gasteiger partial charge in [0.05, 0.1) is 6.61 Å². The Morgan fingerprint density at radius 3 is 2.56 bits per heavy atom. The fraction of sp³-hybridized carbons (Fsp3) is 0.833. The van der Waals surface area contributed by atoms with Crippen molar-refractivity contribution in [3.8, 4) is 0 Å². The molecule has 0 bridgehead atoms. The second-order valence-corrected chi connectivity index (χ2v) is 5.51. The van der Waals surface area contributed by atoms with Gasteiger partial charge in [-0.1, -0.05) is 13.8 Å². The van der Waals surface area contributed by atoms with E-state index in [0.717, 1.165) is 19.0 Å². The van der Waals surface area contributed by atoms with Crippen LogP contribution in [-0.2, 0) is 4.74 Å². The summed E-state index contributed by atoms with van der Waals surface area (Å²) >= 11 is 5.28. The highest BCUT2D eigenvalue weighted by atomic mass is 32.1. The quantitative estimate of drug-likeness (QED) is 0.775. The highest BCUT2D eigenvalue weighted by Crippen LogP contribution is 2.18. The van der Waals surface area contributed by atoms with Crippen molar-refractivity contribution in [1.29, 1.82) is 0 Å². The van der Waals surface area contributed by atoms with E-state index in [0.29, 0.717) is 23.3 Å². The molecule has 0 saturated heterocycles. The van der Waals surface area contributed by atoms with Crippen LogP contribution < -0.4 is 4.90 Å². The van der Waals surface area contributed by atoms with E-state index < -0.39 is 0 Å². The Kier molecular flexibility index (Phi) is 5.81. The number of nitrogens with one attached hydrogen (secondary N) is 1. The van der Waals surface area contributed by atoms with Crippen molar-refractivity contribution in [1.82, 2.24) is 14.8 Å². The SMILES string of the molecule is COCCN(CC(C)C)c1n[nH]c(=S)n1C(C)C. The van der Waals surface area contributed by atoms with Gasteiger partial charge >= 0.3 is 0 Å². The number of H-pyrrole nitrogens is 1. The number of hydrogen-bond donors (Lipinski definition) is 1. The Hall–Kier alpha value is -0.880. The molecule has 0 aliphatic heterocycles. The van der Waals surface area contributed by atoms with E-state index in [9.17, 15) is 0 Å². The molecule has 0 spiro atoms. The molecule has 1 N–H and O–H groups in total. The standard InChI is InChI=1S/C12H24N4OS/c1-9(2)8-15(6-7-17-5)11-13-14-12(18)16(11)10(3)4/h9-10H,6-8H2,1-5H3,(H,14,18). The Morgan fingerprint density at radius 2 is 2.06 bits per heavy atom. The van der Waals surface area contributed by atoms with E-state index in [1.54, 1.807) is 7.11 Å². The minimum absolute atomic E-state index is 0.295. The molecule has 0 aliphatic carbocycles. The number of ether oxygens (including phenoxy) is 1. The molecule has 0 radical (unpaired) electrons. The molecule has 0 fully saturated rings. The monoisotopic (exact) mass is 272 g/mol.